The lowest BCUT2D eigenvalue weighted by Crippen LogP contribution is -2.30. The molecule has 0 saturated carbocycles. The third-order valence-electron chi connectivity index (χ3n) is 2.39. The van der Waals surface area contributed by atoms with Crippen LogP contribution < -0.4 is 10.9 Å². The Balaban J connectivity index is 2.42. The predicted octanol–water partition coefficient (Wildman–Crippen LogP) is -0.0648. The Labute approximate surface area is 79.0 Å². The van der Waals surface area contributed by atoms with Crippen molar-refractivity contribution in [2.45, 2.75) is 13.0 Å². The molecule has 72 valence electrons. The number of rotatable bonds is 0. The molecule has 3 rings (SSSR count). The molecular formula is C8H9N5O. The van der Waals surface area contributed by atoms with E-state index in [-0.39, 0.29) is 5.56 Å². The monoisotopic (exact) mass is 191 g/mol. The highest BCUT2D eigenvalue weighted by Crippen LogP contribution is 2.11. The highest BCUT2D eigenvalue weighted by molar-refractivity contribution is 5.70. The van der Waals surface area contributed by atoms with Gasteiger partial charge in [-0.2, -0.15) is 4.98 Å². The van der Waals surface area contributed by atoms with E-state index in [1.165, 1.54) is 6.33 Å². The molecule has 1 aliphatic heterocycles. The van der Waals surface area contributed by atoms with E-state index in [1.807, 2.05) is 0 Å². The van der Waals surface area contributed by atoms with Crippen molar-refractivity contribution < 1.29 is 0 Å². The van der Waals surface area contributed by atoms with E-state index >= 15 is 0 Å². The van der Waals surface area contributed by atoms with Gasteiger partial charge in [0.25, 0.3) is 5.56 Å². The van der Waals surface area contributed by atoms with Crippen LogP contribution in [0.3, 0.4) is 0 Å². The largest absolute Gasteiger partial charge is 0.355 e. The molecule has 0 bridgehead atoms. The summed E-state index contributed by atoms with van der Waals surface area (Å²) >= 11 is 0. The van der Waals surface area contributed by atoms with Crippen LogP contribution in [0.25, 0.3) is 11.2 Å². The van der Waals surface area contributed by atoms with Crippen molar-refractivity contribution in [3.8, 4) is 0 Å². The van der Waals surface area contributed by atoms with Crippen LogP contribution in [0.5, 0.6) is 0 Å². The molecule has 0 unspecified atom stereocenters. The van der Waals surface area contributed by atoms with Crippen LogP contribution >= 0.6 is 0 Å². The molecule has 0 fully saturated rings. The number of aromatic amines is 1. The van der Waals surface area contributed by atoms with Crippen molar-refractivity contribution in [1.29, 1.82) is 0 Å². The summed E-state index contributed by atoms with van der Waals surface area (Å²) in [6.07, 6.45) is 2.44. The average molecular weight is 191 g/mol. The molecule has 0 atom stereocenters. The molecule has 14 heavy (non-hydrogen) atoms. The van der Waals surface area contributed by atoms with Crippen molar-refractivity contribution in [2.75, 3.05) is 11.9 Å². The fourth-order valence-electron chi connectivity index (χ4n) is 1.70. The third kappa shape index (κ3) is 0.876. The minimum absolute atomic E-state index is 0.0466. The molecule has 6 nitrogen and oxygen atoms in total. The van der Waals surface area contributed by atoms with Crippen molar-refractivity contribution in [3.63, 3.8) is 0 Å². The first-order valence-electron chi connectivity index (χ1n) is 4.54. The molecule has 2 aromatic rings. The maximum absolute atomic E-state index is 11.8. The van der Waals surface area contributed by atoms with E-state index in [1.54, 1.807) is 4.57 Å². The lowest BCUT2D eigenvalue weighted by Gasteiger charge is -2.17. The molecule has 0 amide bonds. The lowest BCUT2D eigenvalue weighted by molar-refractivity contribution is 0.601. The van der Waals surface area contributed by atoms with Crippen molar-refractivity contribution in [2.24, 2.45) is 0 Å². The van der Waals surface area contributed by atoms with Gasteiger partial charge in [-0.15, -0.1) is 0 Å². The van der Waals surface area contributed by atoms with Gasteiger partial charge >= 0.3 is 0 Å². The first-order chi connectivity index (χ1) is 6.86. The van der Waals surface area contributed by atoms with Crippen LogP contribution in [0.4, 0.5) is 5.95 Å². The summed E-state index contributed by atoms with van der Waals surface area (Å²) in [4.78, 5) is 22.9. The molecule has 1 aliphatic rings. The van der Waals surface area contributed by atoms with E-state index in [2.05, 4.69) is 20.3 Å². The first kappa shape index (κ1) is 7.54. The number of hydrogen-bond donors (Lipinski definition) is 2. The van der Waals surface area contributed by atoms with Crippen LogP contribution in [0.15, 0.2) is 11.1 Å². The maximum atomic E-state index is 11.8. The second kappa shape index (κ2) is 2.57. The van der Waals surface area contributed by atoms with Gasteiger partial charge in [0.05, 0.1) is 6.33 Å². The molecule has 2 aromatic heterocycles. The average Bonchev–Trinajstić information content (AvgIpc) is 2.66. The van der Waals surface area contributed by atoms with Gasteiger partial charge in [-0.1, -0.05) is 0 Å². The number of imidazole rings is 1. The van der Waals surface area contributed by atoms with Gasteiger partial charge in [0, 0.05) is 13.1 Å². The molecule has 0 aliphatic carbocycles. The Morgan fingerprint density at radius 2 is 2.43 bits per heavy atom. The molecule has 2 N–H and O–H groups in total. The topological polar surface area (TPSA) is 75.6 Å². The molecule has 0 aromatic carbocycles. The van der Waals surface area contributed by atoms with E-state index in [0.717, 1.165) is 19.5 Å². The zero-order valence-corrected chi connectivity index (χ0v) is 7.45. The van der Waals surface area contributed by atoms with Gasteiger partial charge in [-0.25, -0.2) is 4.98 Å². The lowest BCUT2D eigenvalue weighted by atomic mass is 10.3. The van der Waals surface area contributed by atoms with Gasteiger partial charge in [-0.05, 0) is 6.42 Å². The van der Waals surface area contributed by atoms with Gasteiger partial charge in [-0.3, -0.25) is 9.36 Å². The fourth-order valence-corrected chi connectivity index (χ4v) is 1.70. The summed E-state index contributed by atoms with van der Waals surface area (Å²) < 4.78 is 1.64. The maximum Gasteiger partial charge on any atom is 0.280 e. The minimum Gasteiger partial charge on any atom is -0.355 e. The molecule has 0 spiro atoms. The zero-order valence-electron chi connectivity index (χ0n) is 7.45. The minimum atomic E-state index is -0.0466. The summed E-state index contributed by atoms with van der Waals surface area (Å²) in [5, 5.41) is 3.08. The quantitative estimate of drug-likeness (QED) is 0.611. The van der Waals surface area contributed by atoms with E-state index in [0.29, 0.717) is 17.1 Å². The van der Waals surface area contributed by atoms with Crippen LogP contribution in [0.2, 0.25) is 0 Å². The van der Waals surface area contributed by atoms with E-state index in [4.69, 9.17) is 0 Å². The zero-order chi connectivity index (χ0) is 9.54. The van der Waals surface area contributed by atoms with Crippen LogP contribution in [-0.2, 0) is 6.54 Å². The van der Waals surface area contributed by atoms with E-state index in [9.17, 15) is 4.79 Å². The van der Waals surface area contributed by atoms with Gasteiger partial charge < -0.3 is 10.3 Å². The molecule has 0 saturated heterocycles. The summed E-state index contributed by atoms with van der Waals surface area (Å²) in [6, 6.07) is 0. The third-order valence-corrected chi connectivity index (χ3v) is 2.39. The number of hydrogen-bond acceptors (Lipinski definition) is 4. The first-order valence-corrected chi connectivity index (χ1v) is 4.54. The molecule has 6 heteroatoms. The summed E-state index contributed by atoms with van der Waals surface area (Å²) in [7, 11) is 0. The summed E-state index contributed by atoms with van der Waals surface area (Å²) in [5.41, 5.74) is 0.919. The number of nitrogens with one attached hydrogen (secondary N) is 2. The number of aromatic nitrogens is 4. The Hall–Kier alpha value is -1.85. The highest BCUT2D eigenvalue weighted by Gasteiger charge is 2.14. The van der Waals surface area contributed by atoms with Crippen LogP contribution in [0.1, 0.15) is 6.42 Å². The van der Waals surface area contributed by atoms with Crippen LogP contribution in [0, 0.1) is 0 Å². The van der Waals surface area contributed by atoms with Gasteiger partial charge in [0.15, 0.2) is 11.2 Å². The Kier molecular flexibility index (Phi) is 1.38. The van der Waals surface area contributed by atoms with Crippen LogP contribution in [-0.4, -0.2) is 26.1 Å². The number of anilines is 1. The number of fused-ring (bicyclic) bond motifs is 2. The van der Waals surface area contributed by atoms with Crippen molar-refractivity contribution >= 4 is 17.1 Å². The number of H-pyrrole nitrogens is 1. The molecule has 0 radical (unpaired) electrons. The summed E-state index contributed by atoms with van der Waals surface area (Å²) in [5.74, 6) is 0.626. The Morgan fingerprint density at radius 3 is 3.36 bits per heavy atom. The van der Waals surface area contributed by atoms with Crippen molar-refractivity contribution in [3.05, 3.63) is 16.7 Å². The van der Waals surface area contributed by atoms with Gasteiger partial charge in [0.2, 0.25) is 5.95 Å². The van der Waals surface area contributed by atoms with E-state index < -0.39 is 0 Å². The molecule has 3 heterocycles. The number of nitrogens with zero attached hydrogens (tertiary/aromatic N) is 3. The second-order valence-electron chi connectivity index (χ2n) is 3.27. The Morgan fingerprint density at radius 1 is 1.50 bits per heavy atom. The predicted molar refractivity (Wildman–Crippen MR) is 51.3 cm³/mol. The smallest absolute Gasteiger partial charge is 0.280 e. The second-order valence-corrected chi connectivity index (χ2v) is 3.27. The normalized spacial score (nSPS) is 15.1. The SMILES string of the molecule is O=c1c2[nH]cnc2nc2n1CCCN2. The highest BCUT2D eigenvalue weighted by atomic mass is 16.1. The fraction of sp³-hybridized carbons (Fsp3) is 0.375. The molecular weight excluding hydrogens is 182 g/mol. The van der Waals surface area contributed by atoms with Crippen molar-refractivity contribution in [1.82, 2.24) is 19.5 Å². The van der Waals surface area contributed by atoms with Gasteiger partial charge in [0.1, 0.15) is 0 Å². The Bertz CT molecular complexity index is 540. The summed E-state index contributed by atoms with van der Waals surface area (Å²) in [6.45, 7) is 1.59. The standard InChI is InChI=1S/C8H9N5O/c14-7-5-6(11-4-10-5)12-8-9-2-1-3-13(7)8/h4H,1-3H2,(H,9,12)(H,10,11).